The van der Waals surface area contributed by atoms with Crippen molar-refractivity contribution in [3.8, 4) is 0 Å². The molecule has 10 heteroatoms. The van der Waals surface area contributed by atoms with Gasteiger partial charge in [-0.25, -0.2) is 4.79 Å². The predicted molar refractivity (Wildman–Crippen MR) is 65.3 cm³/mol. The molecule has 124 valence electrons. The van der Waals surface area contributed by atoms with E-state index in [-0.39, 0.29) is 6.61 Å². The van der Waals surface area contributed by atoms with Gasteiger partial charge in [0.2, 0.25) is 6.29 Å². The molecule has 3 fully saturated rings. The molecule has 0 aromatic carbocycles. The number of nitrogens with one attached hydrogen (secondary N) is 1. The molecule has 0 aromatic heterocycles. The first-order valence-electron chi connectivity index (χ1n) is 6.93. The Kier molecular flexibility index (Phi) is 4.30. The standard InChI is InChI=1S/C12H17NO9/c1-2-13-8(15)11-18-3-4(19-11)6-5(14)7-10(20-6)22-12(21-7)9(16)17/h4-7,10-12,14H,2-3H2,1H3,(H,13,15)(H,16,17). The molecule has 0 saturated carbocycles. The lowest BCUT2D eigenvalue weighted by molar-refractivity contribution is -0.204. The maximum atomic E-state index is 11.6. The number of carbonyl (C=O) groups is 2. The number of aliphatic carboxylic acids is 1. The van der Waals surface area contributed by atoms with Crippen molar-refractivity contribution in [1.82, 2.24) is 5.32 Å². The fourth-order valence-corrected chi connectivity index (χ4v) is 2.62. The van der Waals surface area contributed by atoms with Crippen molar-refractivity contribution in [3.63, 3.8) is 0 Å². The fourth-order valence-electron chi connectivity index (χ4n) is 2.62. The van der Waals surface area contributed by atoms with Gasteiger partial charge in [-0.15, -0.1) is 0 Å². The van der Waals surface area contributed by atoms with E-state index in [9.17, 15) is 14.7 Å². The van der Waals surface area contributed by atoms with Gasteiger partial charge in [-0.3, -0.25) is 4.79 Å². The molecule has 10 nitrogen and oxygen atoms in total. The summed E-state index contributed by atoms with van der Waals surface area (Å²) in [6.45, 7) is 2.27. The lowest BCUT2D eigenvalue weighted by Gasteiger charge is -2.22. The minimum Gasteiger partial charge on any atom is -0.477 e. The summed E-state index contributed by atoms with van der Waals surface area (Å²) in [7, 11) is 0. The van der Waals surface area contributed by atoms with Gasteiger partial charge < -0.3 is 39.2 Å². The van der Waals surface area contributed by atoms with E-state index in [1.807, 2.05) is 0 Å². The number of carboxylic acid groups (broad SMARTS) is 1. The highest BCUT2D eigenvalue weighted by Gasteiger charge is 2.56. The number of aliphatic hydroxyl groups excluding tert-OH is 1. The van der Waals surface area contributed by atoms with Crippen LogP contribution in [0, 0.1) is 0 Å². The fraction of sp³-hybridized carbons (Fsp3) is 0.833. The first-order chi connectivity index (χ1) is 10.5. The van der Waals surface area contributed by atoms with Crippen LogP contribution in [0.3, 0.4) is 0 Å². The number of aliphatic hydroxyl groups is 1. The number of hydrogen-bond acceptors (Lipinski definition) is 8. The molecule has 7 unspecified atom stereocenters. The van der Waals surface area contributed by atoms with Gasteiger partial charge in [0.15, 0.2) is 6.29 Å². The quantitative estimate of drug-likeness (QED) is 0.526. The Hall–Kier alpha value is -1.30. The summed E-state index contributed by atoms with van der Waals surface area (Å²) in [6, 6.07) is 0. The summed E-state index contributed by atoms with van der Waals surface area (Å²) in [6.07, 6.45) is -7.08. The van der Waals surface area contributed by atoms with Crippen molar-refractivity contribution in [2.75, 3.05) is 13.2 Å². The van der Waals surface area contributed by atoms with E-state index in [4.69, 9.17) is 28.8 Å². The van der Waals surface area contributed by atoms with E-state index in [1.165, 1.54) is 0 Å². The molecule has 0 radical (unpaired) electrons. The molecular weight excluding hydrogens is 302 g/mol. The second kappa shape index (κ2) is 6.07. The van der Waals surface area contributed by atoms with Crippen LogP contribution in [0.25, 0.3) is 0 Å². The zero-order valence-corrected chi connectivity index (χ0v) is 11.7. The number of carbonyl (C=O) groups excluding carboxylic acids is 1. The van der Waals surface area contributed by atoms with Crippen LogP contribution in [-0.4, -0.2) is 78.5 Å². The predicted octanol–water partition coefficient (Wildman–Crippen LogP) is -2.22. The summed E-state index contributed by atoms with van der Waals surface area (Å²) < 4.78 is 26.2. The van der Waals surface area contributed by atoms with Crippen LogP contribution in [0.1, 0.15) is 6.92 Å². The van der Waals surface area contributed by atoms with Gasteiger partial charge >= 0.3 is 5.97 Å². The number of fused-ring (bicyclic) bond motifs is 1. The van der Waals surface area contributed by atoms with Crippen molar-refractivity contribution < 1.29 is 43.5 Å². The number of carboxylic acids is 1. The molecule has 3 heterocycles. The summed E-state index contributed by atoms with van der Waals surface area (Å²) >= 11 is 0. The second-order valence-corrected chi connectivity index (χ2v) is 5.10. The van der Waals surface area contributed by atoms with E-state index in [0.717, 1.165) is 0 Å². The van der Waals surface area contributed by atoms with Gasteiger partial charge in [-0.2, -0.15) is 0 Å². The Bertz CT molecular complexity index is 458. The van der Waals surface area contributed by atoms with E-state index < -0.39 is 55.2 Å². The Morgan fingerprint density at radius 3 is 2.55 bits per heavy atom. The van der Waals surface area contributed by atoms with Crippen LogP contribution in [0.4, 0.5) is 0 Å². The average molecular weight is 319 g/mol. The van der Waals surface area contributed by atoms with Crippen molar-refractivity contribution in [3.05, 3.63) is 0 Å². The Morgan fingerprint density at radius 2 is 1.91 bits per heavy atom. The molecule has 0 spiro atoms. The van der Waals surface area contributed by atoms with Crippen LogP contribution < -0.4 is 5.32 Å². The molecule has 1 amide bonds. The lowest BCUT2D eigenvalue weighted by Crippen LogP contribution is -2.42. The monoisotopic (exact) mass is 319 g/mol. The maximum Gasteiger partial charge on any atom is 0.361 e. The SMILES string of the molecule is CCNC(=O)C1OCC(C2OC3OC(C(=O)O)OC3C2O)O1. The number of likely N-dealkylation sites (N-methyl/N-ethyl adjacent to an activating group) is 1. The smallest absolute Gasteiger partial charge is 0.361 e. The van der Waals surface area contributed by atoms with Gasteiger partial charge in [0.05, 0.1) is 6.61 Å². The molecule has 22 heavy (non-hydrogen) atoms. The lowest BCUT2D eigenvalue weighted by atomic mass is 10.1. The highest BCUT2D eigenvalue weighted by atomic mass is 16.8. The molecule has 3 rings (SSSR count). The number of ether oxygens (including phenoxy) is 5. The third-order valence-electron chi connectivity index (χ3n) is 3.61. The van der Waals surface area contributed by atoms with Gasteiger partial charge in [0.25, 0.3) is 12.2 Å². The zero-order valence-electron chi connectivity index (χ0n) is 11.7. The number of rotatable bonds is 4. The second-order valence-electron chi connectivity index (χ2n) is 5.10. The van der Waals surface area contributed by atoms with Crippen LogP contribution in [-0.2, 0) is 33.3 Å². The van der Waals surface area contributed by atoms with Crippen LogP contribution >= 0.6 is 0 Å². The van der Waals surface area contributed by atoms with Crippen molar-refractivity contribution in [1.29, 1.82) is 0 Å². The molecule has 3 N–H and O–H groups in total. The molecule has 3 aliphatic heterocycles. The largest absolute Gasteiger partial charge is 0.477 e. The molecular formula is C12H17NO9. The van der Waals surface area contributed by atoms with Gasteiger partial charge in [0, 0.05) is 6.54 Å². The Labute approximate surface area is 125 Å². The Balaban J connectivity index is 1.57. The highest BCUT2D eigenvalue weighted by Crippen LogP contribution is 2.35. The summed E-state index contributed by atoms with van der Waals surface area (Å²) in [4.78, 5) is 22.4. The van der Waals surface area contributed by atoms with E-state index >= 15 is 0 Å². The third-order valence-corrected chi connectivity index (χ3v) is 3.61. The average Bonchev–Trinajstić information content (AvgIpc) is 3.15. The van der Waals surface area contributed by atoms with E-state index in [1.54, 1.807) is 6.92 Å². The third kappa shape index (κ3) is 2.69. The summed E-state index contributed by atoms with van der Waals surface area (Å²) in [5.74, 6) is -1.70. The van der Waals surface area contributed by atoms with Crippen LogP contribution in [0.15, 0.2) is 0 Å². The summed E-state index contributed by atoms with van der Waals surface area (Å²) in [5.41, 5.74) is 0. The normalized spacial score (nSPS) is 44.0. The summed E-state index contributed by atoms with van der Waals surface area (Å²) in [5, 5.41) is 21.6. The molecule has 3 saturated heterocycles. The Morgan fingerprint density at radius 1 is 1.14 bits per heavy atom. The topological polar surface area (TPSA) is 133 Å². The number of hydrogen-bond donors (Lipinski definition) is 3. The van der Waals surface area contributed by atoms with Crippen LogP contribution in [0.5, 0.6) is 0 Å². The first kappa shape index (κ1) is 15.6. The maximum absolute atomic E-state index is 11.6. The molecule has 0 bridgehead atoms. The molecule has 7 atom stereocenters. The van der Waals surface area contributed by atoms with E-state index in [0.29, 0.717) is 6.54 Å². The zero-order chi connectivity index (χ0) is 15.9. The number of amides is 1. The van der Waals surface area contributed by atoms with Gasteiger partial charge in [-0.1, -0.05) is 0 Å². The van der Waals surface area contributed by atoms with Crippen molar-refractivity contribution in [2.45, 2.75) is 50.2 Å². The van der Waals surface area contributed by atoms with E-state index in [2.05, 4.69) is 5.32 Å². The van der Waals surface area contributed by atoms with Crippen molar-refractivity contribution in [2.24, 2.45) is 0 Å². The van der Waals surface area contributed by atoms with Crippen LogP contribution in [0.2, 0.25) is 0 Å². The van der Waals surface area contributed by atoms with Gasteiger partial charge in [0.1, 0.15) is 24.4 Å². The first-order valence-corrected chi connectivity index (χ1v) is 6.93. The molecule has 0 aromatic rings. The minimum absolute atomic E-state index is 0.0608. The molecule has 0 aliphatic carbocycles. The molecule has 3 aliphatic rings. The van der Waals surface area contributed by atoms with Gasteiger partial charge in [-0.05, 0) is 6.92 Å². The van der Waals surface area contributed by atoms with Crippen molar-refractivity contribution >= 4 is 11.9 Å². The minimum atomic E-state index is -1.46. The highest BCUT2D eigenvalue weighted by molar-refractivity contribution is 5.79.